The second-order valence-corrected chi connectivity index (χ2v) is 4.26. The highest BCUT2D eigenvalue weighted by Gasteiger charge is 2.05. The van der Waals surface area contributed by atoms with Crippen molar-refractivity contribution in [2.45, 2.75) is 6.92 Å². The van der Waals surface area contributed by atoms with Gasteiger partial charge in [-0.25, -0.2) is 4.98 Å². The molecule has 0 spiro atoms. The quantitative estimate of drug-likeness (QED) is 0.746. The van der Waals surface area contributed by atoms with Gasteiger partial charge in [-0.2, -0.15) is 4.98 Å². The Morgan fingerprint density at radius 2 is 1.83 bits per heavy atom. The van der Waals surface area contributed by atoms with E-state index in [1.165, 1.54) is 5.56 Å². The van der Waals surface area contributed by atoms with E-state index in [2.05, 4.69) is 46.5 Å². The van der Waals surface area contributed by atoms with Gasteiger partial charge in [-0.05, 0) is 13.0 Å². The number of aryl methyl sites for hydroxylation is 1. The second-order valence-electron chi connectivity index (χ2n) is 4.26. The number of aromatic nitrogens is 3. The van der Waals surface area contributed by atoms with Crippen LogP contribution in [0.25, 0.3) is 17.0 Å². The summed E-state index contributed by atoms with van der Waals surface area (Å²) in [5.41, 5.74) is 3.30. The maximum absolute atomic E-state index is 4.53. The average molecular weight is 238 g/mol. The summed E-state index contributed by atoms with van der Waals surface area (Å²) < 4.78 is 1.93. The van der Waals surface area contributed by atoms with Crippen LogP contribution in [0, 0.1) is 6.92 Å². The van der Waals surface area contributed by atoms with Gasteiger partial charge in [-0.3, -0.25) is 4.40 Å². The smallest absolute Gasteiger partial charge is 0.236 e. The zero-order valence-electron chi connectivity index (χ0n) is 10.4. The lowest BCUT2D eigenvalue weighted by atomic mass is 10.1. The van der Waals surface area contributed by atoms with Crippen molar-refractivity contribution in [1.82, 2.24) is 14.4 Å². The Labute approximate surface area is 105 Å². The predicted molar refractivity (Wildman–Crippen MR) is 72.7 cm³/mol. The molecule has 3 rings (SSSR count). The number of hydrogen-bond donors (Lipinski definition) is 1. The molecule has 18 heavy (non-hydrogen) atoms. The van der Waals surface area contributed by atoms with Crippen LogP contribution in [0.2, 0.25) is 0 Å². The molecule has 0 aliphatic carbocycles. The van der Waals surface area contributed by atoms with Gasteiger partial charge in [-0.1, -0.05) is 29.8 Å². The molecule has 0 fully saturated rings. The molecule has 0 atom stereocenters. The molecule has 4 heteroatoms. The van der Waals surface area contributed by atoms with Crippen LogP contribution in [0.15, 0.2) is 42.7 Å². The van der Waals surface area contributed by atoms with Gasteiger partial charge < -0.3 is 5.32 Å². The summed E-state index contributed by atoms with van der Waals surface area (Å²) in [6.07, 6.45) is 3.95. The monoisotopic (exact) mass is 238 g/mol. The fourth-order valence-corrected chi connectivity index (χ4v) is 1.87. The van der Waals surface area contributed by atoms with Gasteiger partial charge >= 0.3 is 0 Å². The highest BCUT2D eigenvalue weighted by molar-refractivity contribution is 5.62. The number of hydrogen-bond acceptors (Lipinski definition) is 3. The summed E-state index contributed by atoms with van der Waals surface area (Å²) in [7, 11) is 1.85. The van der Waals surface area contributed by atoms with Crippen molar-refractivity contribution < 1.29 is 0 Å². The molecule has 4 nitrogen and oxygen atoms in total. The molecule has 1 aromatic carbocycles. The maximum Gasteiger partial charge on any atom is 0.236 e. The standard InChI is InChI=1S/C14H14N4/c1-10-3-5-11(6-4-10)12-9-18-8-7-13(15-2)17-14(18)16-12/h3-9H,1-2H3,(H,15,16,17). The lowest BCUT2D eigenvalue weighted by Gasteiger charge is -1.97. The molecule has 0 saturated heterocycles. The van der Waals surface area contributed by atoms with Gasteiger partial charge in [0.25, 0.3) is 0 Å². The largest absolute Gasteiger partial charge is 0.373 e. The minimum atomic E-state index is 0.706. The summed E-state index contributed by atoms with van der Waals surface area (Å²) in [4.78, 5) is 8.93. The molecule has 0 radical (unpaired) electrons. The van der Waals surface area contributed by atoms with E-state index < -0.39 is 0 Å². The lowest BCUT2D eigenvalue weighted by molar-refractivity contribution is 1.11. The molecular weight excluding hydrogens is 224 g/mol. The van der Waals surface area contributed by atoms with Gasteiger partial charge in [0.1, 0.15) is 5.82 Å². The Hall–Kier alpha value is -2.36. The molecule has 1 N–H and O–H groups in total. The van der Waals surface area contributed by atoms with Crippen LogP contribution < -0.4 is 5.32 Å². The molecule has 0 unspecified atom stereocenters. The molecule has 0 saturated carbocycles. The van der Waals surface area contributed by atoms with Crippen LogP contribution in [-0.2, 0) is 0 Å². The predicted octanol–water partition coefficient (Wildman–Crippen LogP) is 2.75. The number of benzene rings is 1. The van der Waals surface area contributed by atoms with E-state index in [4.69, 9.17) is 0 Å². The first-order valence-electron chi connectivity index (χ1n) is 5.87. The van der Waals surface area contributed by atoms with Crippen LogP contribution in [0.5, 0.6) is 0 Å². The van der Waals surface area contributed by atoms with E-state index in [0.717, 1.165) is 17.1 Å². The van der Waals surface area contributed by atoms with E-state index in [-0.39, 0.29) is 0 Å². The normalized spacial score (nSPS) is 10.8. The molecule has 0 aliphatic rings. The number of fused-ring (bicyclic) bond motifs is 1. The van der Waals surface area contributed by atoms with Crippen LogP contribution >= 0.6 is 0 Å². The number of rotatable bonds is 2. The first-order valence-corrected chi connectivity index (χ1v) is 5.87. The van der Waals surface area contributed by atoms with Gasteiger partial charge in [0, 0.05) is 25.0 Å². The molecule has 90 valence electrons. The Morgan fingerprint density at radius 3 is 2.56 bits per heavy atom. The molecule has 2 heterocycles. The van der Waals surface area contributed by atoms with E-state index in [1.807, 2.05) is 29.9 Å². The second kappa shape index (κ2) is 4.14. The van der Waals surface area contributed by atoms with Crippen molar-refractivity contribution in [3.63, 3.8) is 0 Å². The average Bonchev–Trinajstić information content (AvgIpc) is 2.82. The van der Waals surface area contributed by atoms with Crippen LogP contribution in [-0.4, -0.2) is 21.4 Å². The zero-order valence-corrected chi connectivity index (χ0v) is 10.4. The zero-order chi connectivity index (χ0) is 12.5. The number of nitrogens with one attached hydrogen (secondary N) is 1. The van der Waals surface area contributed by atoms with Gasteiger partial charge in [-0.15, -0.1) is 0 Å². The Bertz CT molecular complexity index is 683. The lowest BCUT2D eigenvalue weighted by Crippen LogP contribution is -1.94. The highest BCUT2D eigenvalue weighted by atomic mass is 15.1. The molecule has 0 bridgehead atoms. The van der Waals surface area contributed by atoms with Crippen molar-refractivity contribution >= 4 is 11.6 Å². The number of imidazole rings is 1. The maximum atomic E-state index is 4.53. The van der Waals surface area contributed by atoms with E-state index in [0.29, 0.717) is 5.78 Å². The number of nitrogens with zero attached hydrogens (tertiary/aromatic N) is 3. The first kappa shape index (κ1) is 10.8. The van der Waals surface area contributed by atoms with E-state index in [1.54, 1.807) is 0 Å². The Morgan fingerprint density at radius 1 is 1.06 bits per heavy atom. The van der Waals surface area contributed by atoms with Gasteiger partial charge in [0.2, 0.25) is 5.78 Å². The third-order valence-corrected chi connectivity index (χ3v) is 2.93. The van der Waals surface area contributed by atoms with Crippen LogP contribution in [0.3, 0.4) is 0 Å². The van der Waals surface area contributed by atoms with E-state index in [9.17, 15) is 0 Å². The van der Waals surface area contributed by atoms with Crippen molar-refractivity contribution in [2.24, 2.45) is 0 Å². The van der Waals surface area contributed by atoms with Crippen LogP contribution in [0.1, 0.15) is 5.56 Å². The van der Waals surface area contributed by atoms with E-state index >= 15 is 0 Å². The summed E-state index contributed by atoms with van der Waals surface area (Å²) in [5, 5.41) is 3.01. The summed E-state index contributed by atoms with van der Waals surface area (Å²) >= 11 is 0. The SMILES string of the molecule is CNc1ccn2cc(-c3ccc(C)cc3)nc2n1. The van der Waals surface area contributed by atoms with Crippen molar-refractivity contribution in [3.05, 3.63) is 48.3 Å². The fraction of sp³-hybridized carbons (Fsp3) is 0.143. The minimum Gasteiger partial charge on any atom is -0.373 e. The fourth-order valence-electron chi connectivity index (χ4n) is 1.87. The summed E-state index contributed by atoms with van der Waals surface area (Å²) in [6, 6.07) is 10.3. The first-order chi connectivity index (χ1) is 8.76. The third-order valence-electron chi connectivity index (χ3n) is 2.93. The summed E-state index contributed by atoms with van der Waals surface area (Å²) in [6.45, 7) is 2.08. The van der Waals surface area contributed by atoms with Gasteiger partial charge in [0.05, 0.1) is 5.69 Å². The van der Waals surface area contributed by atoms with Crippen LogP contribution in [0.4, 0.5) is 5.82 Å². The summed E-state index contributed by atoms with van der Waals surface area (Å²) in [5.74, 6) is 1.53. The molecule has 2 aromatic heterocycles. The molecular formula is C14H14N4. The molecule has 3 aromatic rings. The highest BCUT2D eigenvalue weighted by Crippen LogP contribution is 2.19. The third kappa shape index (κ3) is 1.82. The Balaban J connectivity index is 2.10. The Kier molecular flexibility index (Phi) is 2.48. The molecule has 0 amide bonds. The molecule has 0 aliphatic heterocycles. The van der Waals surface area contributed by atoms with Crippen molar-refractivity contribution in [1.29, 1.82) is 0 Å². The van der Waals surface area contributed by atoms with Gasteiger partial charge in [0.15, 0.2) is 0 Å². The van der Waals surface area contributed by atoms with Crippen molar-refractivity contribution in [3.8, 4) is 11.3 Å². The topological polar surface area (TPSA) is 42.2 Å². The number of anilines is 1. The minimum absolute atomic E-state index is 0.706. The van der Waals surface area contributed by atoms with Crippen molar-refractivity contribution in [2.75, 3.05) is 12.4 Å².